The fourth-order valence-electron chi connectivity index (χ4n) is 3.03. The molecule has 2 rings (SSSR count). The van der Waals surface area contributed by atoms with Crippen molar-refractivity contribution in [3.8, 4) is 0 Å². The van der Waals surface area contributed by atoms with Gasteiger partial charge in [-0.15, -0.1) is 0 Å². The highest BCUT2D eigenvalue weighted by molar-refractivity contribution is 9.10. The standard InChI is InChI=1S/C23H30BrN3O4S/c1-17(2)14-25-23(29)18(3)26(15-19-10-12-20(24)13-11-19)22(28)16-27(32(4,30)31)21-8-6-5-7-9-21/h5-13,17-18H,14-16H2,1-4H3,(H,25,29)/t18-/m1/s1. The van der Waals surface area contributed by atoms with Crippen molar-refractivity contribution in [1.29, 1.82) is 0 Å². The second-order valence-electron chi connectivity index (χ2n) is 8.07. The van der Waals surface area contributed by atoms with E-state index in [4.69, 9.17) is 0 Å². The van der Waals surface area contributed by atoms with Crippen molar-refractivity contribution in [2.24, 2.45) is 5.92 Å². The summed E-state index contributed by atoms with van der Waals surface area (Å²) >= 11 is 3.39. The second-order valence-corrected chi connectivity index (χ2v) is 10.9. The summed E-state index contributed by atoms with van der Waals surface area (Å²) in [7, 11) is -3.71. The number of benzene rings is 2. The Morgan fingerprint density at radius 1 is 1.00 bits per heavy atom. The zero-order valence-corrected chi connectivity index (χ0v) is 21.2. The van der Waals surface area contributed by atoms with Gasteiger partial charge in [-0.2, -0.15) is 0 Å². The van der Waals surface area contributed by atoms with Gasteiger partial charge in [0.25, 0.3) is 0 Å². The van der Waals surface area contributed by atoms with Crippen LogP contribution >= 0.6 is 15.9 Å². The van der Waals surface area contributed by atoms with Crippen molar-refractivity contribution in [2.75, 3.05) is 23.7 Å². The third kappa shape index (κ3) is 7.63. The predicted molar refractivity (Wildman–Crippen MR) is 131 cm³/mol. The van der Waals surface area contributed by atoms with Gasteiger partial charge < -0.3 is 10.2 Å². The Morgan fingerprint density at radius 3 is 2.12 bits per heavy atom. The molecular formula is C23H30BrN3O4S. The Labute approximate surface area is 199 Å². The number of nitrogens with zero attached hydrogens (tertiary/aromatic N) is 2. The Kier molecular flexibility index (Phi) is 9.27. The molecule has 0 aromatic heterocycles. The van der Waals surface area contributed by atoms with Crippen LogP contribution in [0.4, 0.5) is 5.69 Å². The molecule has 7 nitrogen and oxygen atoms in total. The van der Waals surface area contributed by atoms with E-state index in [0.717, 1.165) is 20.6 Å². The van der Waals surface area contributed by atoms with Gasteiger partial charge in [0.05, 0.1) is 11.9 Å². The normalized spacial score (nSPS) is 12.3. The average molecular weight is 524 g/mol. The second kappa shape index (κ2) is 11.5. The van der Waals surface area contributed by atoms with Crippen LogP contribution in [0.2, 0.25) is 0 Å². The number of amides is 2. The molecule has 0 saturated heterocycles. The molecule has 0 bridgehead atoms. The van der Waals surface area contributed by atoms with Crippen LogP contribution in [0.25, 0.3) is 0 Å². The molecular weight excluding hydrogens is 494 g/mol. The fraction of sp³-hybridized carbons (Fsp3) is 0.391. The fourth-order valence-corrected chi connectivity index (χ4v) is 4.14. The number of para-hydroxylation sites is 1. The number of nitrogens with one attached hydrogen (secondary N) is 1. The minimum Gasteiger partial charge on any atom is -0.354 e. The van der Waals surface area contributed by atoms with Crippen LogP contribution in [-0.2, 0) is 26.2 Å². The molecule has 0 fully saturated rings. The zero-order chi connectivity index (χ0) is 23.9. The minimum absolute atomic E-state index is 0.175. The lowest BCUT2D eigenvalue weighted by Crippen LogP contribution is -2.51. The summed E-state index contributed by atoms with van der Waals surface area (Å²) < 4.78 is 26.8. The van der Waals surface area contributed by atoms with Crippen LogP contribution in [0.1, 0.15) is 26.3 Å². The SMILES string of the molecule is CC(C)CNC(=O)[C@@H](C)N(Cc1ccc(Br)cc1)C(=O)CN(c1ccccc1)S(C)(=O)=O. The maximum Gasteiger partial charge on any atom is 0.244 e. The summed E-state index contributed by atoms with van der Waals surface area (Å²) in [4.78, 5) is 27.5. The lowest BCUT2D eigenvalue weighted by atomic mass is 10.1. The van der Waals surface area contributed by atoms with E-state index in [1.54, 1.807) is 37.3 Å². The molecule has 174 valence electrons. The number of halogens is 1. The van der Waals surface area contributed by atoms with Crippen molar-refractivity contribution < 1.29 is 18.0 Å². The Hall–Kier alpha value is -2.39. The van der Waals surface area contributed by atoms with Crippen LogP contribution in [0.3, 0.4) is 0 Å². The average Bonchev–Trinajstić information content (AvgIpc) is 2.74. The largest absolute Gasteiger partial charge is 0.354 e. The first-order valence-corrected chi connectivity index (χ1v) is 13.0. The molecule has 32 heavy (non-hydrogen) atoms. The highest BCUT2D eigenvalue weighted by Gasteiger charge is 2.30. The molecule has 0 radical (unpaired) electrons. The predicted octanol–water partition coefficient (Wildman–Crippen LogP) is 3.40. The van der Waals surface area contributed by atoms with E-state index in [2.05, 4.69) is 21.2 Å². The summed E-state index contributed by atoms with van der Waals surface area (Å²) in [5.41, 5.74) is 1.22. The number of rotatable bonds is 10. The Balaban J connectivity index is 2.32. The first kappa shape index (κ1) is 25.9. The van der Waals surface area contributed by atoms with Crippen molar-refractivity contribution in [2.45, 2.75) is 33.4 Å². The maximum absolute atomic E-state index is 13.4. The van der Waals surface area contributed by atoms with Gasteiger partial charge >= 0.3 is 0 Å². The molecule has 1 atom stereocenters. The van der Waals surface area contributed by atoms with Gasteiger partial charge in [0.2, 0.25) is 21.8 Å². The summed E-state index contributed by atoms with van der Waals surface area (Å²) in [6.07, 6.45) is 1.06. The Bertz CT molecular complexity index is 1010. The topological polar surface area (TPSA) is 86.8 Å². The molecule has 0 heterocycles. The quantitative estimate of drug-likeness (QED) is 0.516. The highest BCUT2D eigenvalue weighted by Crippen LogP contribution is 2.19. The van der Waals surface area contributed by atoms with Crippen molar-refractivity contribution >= 4 is 43.5 Å². The van der Waals surface area contributed by atoms with E-state index in [0.29, 0.717) is 12.2 Å². The molecule has 2 aromatic rings. The molecule has 2 aromatic carbocycles. The third-order valence-corrected chi connectivity index (χ3v) is 6.51. The van der Waals surface area contributed by atoms with Crippen molar-refractivity contribution in [3.63, 3.8) is 0 Å². The van der Waals surface area contributed by atoms with E-state index in [9.17, 15) is 18.0 Å². The maximum atomic E-state index is 13.4. The number of hydrogen-bond acceptors (Lipinski definition) is 4. The van der Waals surface area contributed by atoms with Gasteiger partial charge in [-0.05, 0) is 42.7 Å². The summed E-state index contributed by atoms with van der Waals surface area (Å²) in [6.45, 7) is 5.89. The van der Waals surface area contributed by atoms with Crippen molar-refractivity contribution in [3.05, 3.63) is 64.6 Å². The molecule has 2 amide bonds. The van der Waals surface area contributed by atoms with Crippen LogP contribution in [-0.4, -0.2) is 50.5 Å². The van der Waals surface area contributed by atoms with Crippen molar-refractivity contribution in [1.82, 2.24) is 10.2 Å². The van der Waals surface area contributed by atoms with E-state index in [1.807, 2.05) is 38.1 Å². The summed E-state index contributed by atoms with van der Waals surface area (Å²) in [6, 6.07) is 15.1. The number of hydrogen-bond donors (Lipinski definition) is 1. The third-order valence-electron chi connectivity index (χ3n) is 4.84. The Morgan fingerprint density at radius 2 is 1.59 bits per heavy atom. The number of carbonyl (C=O) groups is 2. The molecule has 0 spiro atoms. The molecule has 1 N–H and O–H groups in total. The van der Waals surface area contributed by atoms with E-state index in [-0.39, 0.29) is 18.4 Å². The summed E-state index contributed by atoms with van der Waals surface area (Å²) in [5.74, 6) is -0.482. The lowest BCUT2D eigenvalue weighted by Gasteiger charge is -2.31. The van der Waals surface area contributed by atoms with Crippen LogP contribution < -0.4 is 9.62 Å². The van der Waals surface area contributed by atoms with E-state index in [1.165, 1.54) is 4.90 Å². The lowest BCUT2D eigenvalue weighted by molar-refractivity contribution is -0.139. The van der Waals surface area contributed by atoms with Gasteiger partial charge in [-0.3, -0.25) is 13.9 Å². The molecule has 0 aliphatic heterocycles. The van der Waals surface area contributed by atoms with Gasteiger partial charge in [0.15, 0.2) is 0 Å². The first-order chi connectivity index (χ1) is 15.0. The van der Waals surface area contributed by atoms with Crippen LogP contribution in [0.15, 0.2) is 59.1 Å². The number of carbonyl (C=O) groups excluding carboxylic acids is 2. The smallest absolute Gasteiger partial charge is 0.244 e. The summed E-state index contributed by atoms with van der Waals surface area (Å²) in [5, 5.41) is 2.86. The molecule has 0 unspecified atom stereocenters. The van der Waals surface area contributed by atoms with E-state index >= 15 is 0 Å². The number of sulfonamides is 1. The molecule has 0 saturated carbocycles. The minimum atomic E-state index is -3.71. The monoisotopic (exact) mass is 523 g/mol. The van der Waals surface area contributed by atoms with Gasteiger partial charge in [0, 0.05) is 17.6 Å². The molecule has 9 heteroatoms. The molecule has 0 aliphatic carbocycles. The first-order valence-electron chi connectivity index (χ1n) is 10.3. The van der Waals surface area contributed by atoms with Gasteiger partial charge in [0.1, 0.15) is 12.6 Å². The van der Waals surface area contributed by atoms with Gasteiger partial charge in [-0.1, -0.05) is 60.1 Å². The number of anilines is 1. The zero-order valence-electron chi connectivity index (χ0n) is 18.8. The van der Waals surface area contributed by atoms with Crippen LogP contribution in [0, 0.1) is 5.92 Å². The molecule has 0 aliphatic rings. The van der Waals surface area contributed by atoms with Crippen LogP contribution in [0.5, 0.6) is 0 Å². The highest BCUT2D eigenvalue weighted by atomic mass is 79.9. The van der Waals surface area contributed by atoms with Gasteiger partial charge in [-0.25, -0.2) is 8.42 Å². The van der Waals surface area contributed by atoms with E-state index < -0.39 is 28.5 Å².